The quantitative estimate of drug-likeness (QED) is 0.239. The van der Waals surface area contributed by atoms with Gasteiger partial charge in [0.15, 0.2) is 11.5 Å². The molecule has 0 aliphatic rings. The van der Waals surface area contributed by atoms with Gasteiger partial charge in [-0.3, -0.25) is 10.2 Å². The molecule has 3 rings (SSSR count). The van der Waals surface area contributed by atoms with Crippen LogP contribution in [0.4, 0.5) is 5.69 Å². The van der Waals surface area contributed by atoms with Crippen LogP contribution in [0.3, 0.4) is 0 Å². The lowest BCUT2D eigenvalue weighted by atomic mass is 10.1. The minimum Gasteiger partial charge on any atom is -0.506 e. The smallest absolute Gasteiger partial charge is 0.161 e. The summed E-state index contributed by atoms with van der Waals surface area (Å²) < 4.78 is 10.6. The summed E-state index contributed by atoms with van der Waals surface area (Å²) in [4.78, 5) is 2.10. The molecule has 0 spiro atoms. The van der Waals surface area contributed by atoms with Crippen LogP contribution in [0.2, 0.25) is 0 Å². The van der Waals surface area contributed by atoms with Crippen LogP contribution in [0, 0.1) is 0 Å². The van der Waals surface area contributed by atoms with Gasteiger partial charge in [-0.25, -0.2) is 0 Å². The molecule has 182 valence electrons. The number of nitrogens with zero attached hydrogens (tertiary/aromatic N) is 1. The number of aromatic hydroxyl groups is 1. The second-order valence-electron chi connectivity index (χ2n) is 8.41. The zero-order valence-electron chi connectivity index (χ0n) is 20.3. The number of phenols is 1. The molecule has 7 heteroatoms. The zero-order valence-corrected chi connectivity index (χ0v) is 20.3. The second-order valence-corrected chi connectivity index (χ2v) is 8.41. The lowest BCUT2D eigenvalue weighted by Gasteiger charge is -2.27. The van der Waals surface area contributed by atoms with Gasteiger partial charge in [0.05, 0.1) is 32.2 Å². The number of anilines is 1. The maximum Gasteiger partial charge on any atom is 0.161 e. The first-order valence-corrected chi connectivity index (χ1v) is 11.3. The first-order chi connectivity index (χ1) is 16.4. The number of aliphatic hydroxyl groups is 1. The first-order valence-electron chi connectivity index (χ1n) is 11.3. The number of hydrogen-bond donors (Lipinski definition) is 4. The number of phenolic OH excluding ortho intramolecular Hbond substituents is 1. The molecule has 0 saturated carbocycles. The van der Waals surface area contributed by atoms with Crippen molar-refractivity contribution in [2.45, 2.75) is 25.2 Å². The van der Waals surface area contributed by atoms with Gasteiger partial charge in [-0.15, -0.1) is 0 Å². The van der Waals surface area contributed by atoms with Crippen molar-refractivity contribution in [1.82, 2.24) is 10.2 Å². The van der Waals surface area contributed by atoms with E-state index in [4.69, 9.17) is 9.47 Å². The average molecular weight is 466 g/mol. The Balaban J connectivity index is 1.63. The lowest BCUT2D eigenvalue weighted by molar-refractivity contribution is 0.148. The van der Waals surface area contributed by atoms with Crippen LogP contribution >= 0.6 is 0 Å². The molecule has 3 aromatic rings. The van der Waals surface area contributed by atoms with E-state index in [1.54, 1.807) is 32.4 Å². The number of methoxy groups -OCH3 is 2. The van der Waals surface area contributed by atoms with E-state index < -0.39 is 6.10 Å². The van der Waals surface area contributed by atoms with Crippen LogP contribution in [0.1, 0.15) is 22.8 Å². The number of likely N-dealkylation sites (N-methyl/N-ethyl adjacent to an activating group) is 1. The monoisotopic (exact) mass is 465 g/mol. The Hall–Kier alpha value is -3.26. The highest BCUT2D eigenvalue weighted by Crippen LogP contribution is 2.30. The number of nitrogens with one attached hydrogen (secondary N) is 2. The first kappa shape index (κ1) is 25.4. The third-order valence-electron chi connectivity index (χ3n) is 5.78. The predicted octanol–water partition coefficient (Wildman–Crippen LogP) is 3.77. The van der Waals surface area contributed by atoms with Gasteiger partial charge in [0, 0.05) is 19.5 Å². The van der Waals surface area contributed by atoms with Crippen LogP contribution in [-0.2, 0) is 13.0 Å². The Morgan fingerprint density at radius 1 is 0.882 bits per heavy atom. The molecular weight excluding hydrogens is 430 g/mol. The van der Waals surface area contributed by atoms with E-state index in [1.165, 1.54) is 5.56 Å². The summed E-state index contributed by atoms with van der Waals surface area (Å²) >= 11 is 0. The summed E-state index contributed by atoms with van der Waals surface area (Å²) in [7, 11) is 7.23. The number of aliphatic hydroxyl groups excluding tert-OH is 1. The van der Waals surface area contributed by atoms with E-state index >= 15 is 0 Å². The van der Waals surface area contributed by atoms with Gasteiger partial charge in [-0.05, 0) is 55.1 Å². The van der Waals surface area contributed by atoms with Gasteiger partial charge >= 0.3 is 0 Å². The van der Waals surface area contributed by atoms with Crippen molar-refractivity contribution >= 4 is 5.69 Å². The van der Waals surface area contributed by atoms with Gasteiger partial charge in [-0.1, -0.05) is 42.5 Å². The van der Waals surface area contributed by atoms with Crippen molar-refractivity contribution in [3.05, 3.63) is 83.4 Å². The Labute approximate surface area is 202 Å². The molecule has 0 radical (unpaired) electrons. The fourth-order valence-corrected chi connectivity index (χ4v) is 3.73. The van der Waals surface area contributed by atoms with Gasteiger partial charge in [-0.2, -0.15) is 0 Å². The normalized spacial score (nSPS) is 12.9. The third-order valence-corrected chi connectivity index (χ3v) is 5.78. The molecule has 7 nitrogen and oxygen atoms in total. The lowest BCUT2D eigenvalue weighted by Crippen LogP contribution is -2.44. The SMILES string of the molecule is COc1ccc(CNc2cc(C(O)CNC(Cc3ccccc3)N(C)C)ccc2O)cc1OC. The van der Waals surface area contributed by atoms with Crippen molar-refractivity contribution in [2.24, 2.45) is 0 Å². The molecule has 0 heterocycles. The molecule has 0 amide bonds. The minimum absolute atomic E-state index is 0.0804. The summed E-state index contributed by atoms with van der Waals surface area (Å²) in [6, 6.07) is 21.1. The maximum absolute atomic E-state index is 10.8. The molecule has 0 aliphatic heterocycles. The summed E-state index contributed by atoms with van der Waals surface area (Å²) in [5.41, 5.74) is 3.48. The Bertz CT molecular complexity index is 1040. The fraction of sp³-hybridized carbons (Fsp3) is 0.333. The highest BCUT2D eigenvalue weighted by Gasteiger charge is 2.16. The Morgan fingerprint density at radius 3 is 2.29 bits per heavy atom. The van der Waals surface area contributed by atoms with Crippen molar-refractivity contribution in [3.8, 4) is 17.2 Å². The van der Waals surface area contributed by atoms with Gasteiger partial charge in [0.1, 0.15) is 5.75 Å². The highest BCUT2D eigenvalue weighted by molar-refractivity contribution is 5.58. The molecule has 0 bridgehead atoms. The van der Waals surface area contributed by atoms with Crippen LogP contribution in [0.5, 0.6) is 17.2 Å². The number of ether oxygens (including phenoxy) is 2. The van der Waals surface area contributed by atoms with Crippen molar-refractivity contribution in [1.29, 1.82) is 0 Å². The summed E-state index contributed by atoms with van der Waals surface area (Å²) in [6.07, 6.45) is 0.186. The third kappa shape index (κ3) is 6.87. The summed E-state index contributed by atoms with van der Waals surface area (Å²) in [5, 5.41) is 27.8. The molecule has 2 unspecified atom stereocenters. The maximum atomic E-state index is 10.8. The Morgan fingerprint density at radius 2 is 1.62 bits per heavy atom. The molecule has 4 N–H and O–H groups in total. The molecule has 34 heavy (non-hydrogen) atoms. The van der Waals surface area contributed by atoms with Gasteiger partial charge in [0.2, 0.25) is 0 Å². The van der Waals surface area contributed by atoms with Crippen LogP contribution < -0.4 is 20.1 Å². The van der Waals surface area contributed by atoms with Crippen LogP contribution in [0.15, 0.2) is 66.7 Å². The fourth-order valence-electron chi connectivity index (χ4n) is 3.73. The summed E-state index contributed by atoms with van der Waals surface area (Å²) in [6.45, 7) is 0.862. The number of hydrogen-bond acceptors (Lipinski definition) is 7. The zero-order chi connectivity index (χ0) is 24.5. The van der Waals surface area contributed by atoms with Crippen molar-refractivity contribution in [3.63, 3.8) is 0 Å². The van der Waals surface area contributed by atoms with E-state index in [2.05, 4.69) is 27.7 Å². The molecule has 3 aromatic carbocycles. The van der Waals surface area contributed by atoms with E-state index in [9.17, 15) is 10.2 Å². The summed E-state index contributed by atoms with van der Waals surface area (Å²) in [5.74, 6) is 1.43. The molecule has 0 aliphatic carbocycles. The van der Waals surface area contributed by atoms with Gasteiger partial charge < -0.3 is 25.0 Å². The molecular formula is C27H35N3O4. The van der Waals surface area contributed by atoms with Crippen LogP contribution in [0.25, 0.3) is 0 Å². The molecule has 0 aromatic heterocycles. The number of rotatable bonds is 12. The van der Waals surface area contributed by atoms with Crippen molar-refractivity contribution < 1.29 is 19.7 Å². The molecule has 2 atom stereocenters. The van der Waals surface area contributed by atoms with E-state index in [1.807, 2.05) is 50.5 Å². The van der Waals surface area contributed by atoms with E-state index in [-0.39, 0.29) is 11.9 Å². The average Bonchev–Trinajstić information content (AvgIpc) is 2.86. The Kier molecular flexibility index (Phi) is 9.16. The number of benzene rings is 3. The molecule has 0 fully saturated rings. The largest absolute Gasteiger partial charge is 0.506 e. The van der Waals surface area contributed by atoms with Crippen molar-refractivity contribution in [2.75, 3.05) is 40.2 Å². The van der Waals surface area contributed by atoms with E-state index in [0.29, 0.717) is 30.3 Å². The van der Waals surface area contributed by atoms with E-state index in [0.717, 1.165) is 17.5 Å². The predicted molar refractivity (Wildman–Crippen MR) is 136 cm³/mol. The van der Waals surface area contributed by atoms with Gasteiger partial charge in [0.25, 0.3) is 0 Å². The standard InChI is InChI=1S/C27H35N3O4/c1-30(2)27(15-19-8-6-5-7-9-19)29-18-24(32)21-11-12-23(31)22(16-21)28-17-20-10-13-25(33-3)26(14-20)34-4/h5-14,16,24,27-29,31-32H,15,17-18H2,1-4H3. The molecule has 0 saturated heterocycles. The minimum atomic E-state index is -0.722. The second kappa shape index (κ2) is 12.3. The topological polar surface area (TPSA) is 86.2 Å². The highest BCUT2D eigenvalue weighted by atomic mass is 16.5. The van der Waals surface area contributed by atoms with Crippen LogP contribution in [-0.4, -0.2) is 56.1 Å².